The summed E-state index contributed by atoms with van der Waals surface area (Å²) in [5, 5.41) is 8.27. The van der Waals surface area contributed by atoms with Crippen molar-refractivity contribution in [3.63, 3.8) is 0 Å². The van der Waals surface area contributed by atoms with E-state index < -0.39 is 18.5 Å². The molecule has 0 aromatic carbocycles. The lowest BCUT2D eigenvalue weighted by atomic mass is 10.3. The maximum absolute atomic E-state index is 11.5. The molecule has 0 aromatic rings. The van der Waals surface area contributed by atoms with Gasteiger partial charge in [-0.3, -0.25) is 19.3 Å². The molecule has 0 aromatic heterocycles. The predicted molar refractivity (Wildman–Crippen MR) is 60.7 cm³/mol. The summed E-state index contributed by atoms with van der Waals surface area (Å²) in [7, 11) is 1.52. The number of urea groups is 1. The number of hydrogen-bond donors (Lipinski definition) is 2. The van der Waals surface area contributed by atoms with Crippen LogP contribution in [0, 0.1) is 0 Å². The Morgan fingerprint density at radius 3 is 2.63 bits per heavy atom. The summed E-state index contributed by atoms with van der Waals surface area (Å²) in [4.78, 5) is 50.9. The summed E-state index contributed by atoms with van der Waals surface area (Å²) in [5.74, 6) is -2.00. The molecule has 1 rings (SSSR count). The lowest BCUT2D eigenvalue weighted by Gasteiger charge is -2.13. The summed E-state index contributed by atoms with van der Waals surface area (Å²) in [6, 6.07) is -0.382. The molecule has 1 fully saturated rings. The van der Waals surface area contributed by atoms with Crippen molar-refractivity contribution in [2.45, 2.75) is 12.8 Å². The first-order valence-electron chi connectivity index (χ1n) is 5.59. The third-order valence-electron chi connectivity index (χ3n) is 2.40. The minimum absolute atomic E-state index is 0.0282. The quantitative estimate of drug-likeness (QED) is 0.444. The molecule has 1 heterocycles. The molecule has 0 spiro atoms. The van der Waals surface area contributed by atoms with Gasteiger partial charge in [-0.25, -0.2) is 15.1 Å². The molecule has 0 bridgehead atoms. The van der Waals surface area contributed by atoms with Gasteiger partial charge in [0.2, 0.25) is 11.8 Å². The molecule has 19 heavy (non-hydrogen) atoms. The van der Waals surface area contributed by atoms with Crippen LogP contribution in [0.1, 0.15) is 12.8 Å². The zero-order valence-corrected chi connectivity index (χ0v) is 10.4. The van der Waals surface area contributed by atoms with Crippen LogP contribution in [0.3, 0.4) is 0 Å². The van der Waals surface area contributed by atoms with Crippen LogP contribution in [-0.2, 0) is 19.2 Å². The number of carboxylic acid groups (broad SMARTS) is 1. The fourth-order valence-corrected chi connectivity index (χ4v) is 1.52. The Kier molecular flexibility index (Phi) is 5.24. The van der Waals surface area contributed by atoms with E-state index in [-0.39, 0.29) is 37.9 Å². The highest BCUT2D eigenvalue weighted by Crippen LogP contribution is 2.08. The molecule has 0 radical (unpaired) electrons. The largest absolute Gasteiger partial charge is 0.479 e. The number of rotatable bonds is 7. The van der Waals surface area contributed by atoms with Crippen LogP contribution in [0.2, 0.25) is 0 Å². The lowest BCUT2D eigenvalue weighted by Crippen LogP contribution is -2.33. The molecule has 0 atom stereocenters. The first-order valence-corrected chi connectivity index (χ1v) is 5.59. The van der Waals surface area contributed by atoms with Gasteiger partial charge in [-0.05, 0) is 6.42 Å². The Morgan fingerprint density at radius 1 is 1.42 bits per heavy atom. The topological polar surface area (TPSA) is 116 Å². The molecule has 0 saturated carbocycles. The van der Waals surface area contributed by atoms with Crippen molar-refractivity contribution in [1.29, 1.82) is 0 Å². The number of imide groups is 1. The monoisotopic (exact) mass is 273 g/mol. The number of aliphatic carboxylic acids is 1. The number of carbonyl (C=O) groups excluding carboxylic acids is 3. The van der Waals surface area contributed by atoms with E-state index in [1.165, 1.54) is 11.9 Å². The van der Waals surface area contributed by atoms with Gasteiger partial charge in [-0.1, -0.05) is 0 Å². The SMILES string of the molecule is CN1CC(=O)N(CCCC(=O)NOCC(=O)O)C1=O. The van der Waals surface area contributed by atoms with Gasteiger partial charge in [-0.15, -0.1) is 0 Å². The van der Waals surface area contributed by atoms with Crippen molar-refractivity contribution in [2.24, 2.45) is 0 Å². The van der Waals surface area contributed by atoms with Gasteiger partial charge in [0, 0.05) is 20.0 Å². The summed E-state index contributed by atoms with van der Waals surface area (Å²) >= 11 is 0. The van der Waals surface area contributed by atoms with E-state index in [2.05, 4.69) is 4.84 Å². The number of nitrogens with one attached hydrogen (secondary N) is 1. The molecule has 1 saturated heterocycles. The Morgan fingerprint density at radius 2 is 2.11 bits per heavy atom. The number of hydroxylamine groups is 1. The van der Waals surface area contributed by atoms with Gasteiger partial charge in [0.1, 0.15) is 6.54 Å². The summed E-state index contributed by atoms with van der Waals surface area (Å²) < 4.78 is 0. The van der Waals surface area contributed by atoms with E-state index >= 15 is 0 Å². The van der Waals surface area contributed by atoms with Crippen LogP contribution in [0.15, 0.2) is 0 Å². The summed E-state index contributed by atoms with van der Waals surface area (Å²) in [5.41, 5.74) is 1.95. The van der Waals surface area contributed by atoms with Crippen molar-refractivity contribution < 1.29 is 29.1 Å². The lowest BCUT2D eigenvalue weighted by molar-refractivity contribution is -0.149. The van der Waals surface area contributed by atoms with Gasteiger partial charge in [0.15, 0.2) is 6.61 Å². The number of hydrogen-bond acceptors (Lipinski definition) is 5. The van der Waals surface area contributed by atoms with E-state index in [4.69, 9.17) is 5.11 Å². The average Bonchev–Trinajstić information content (AvgIpc) is 2.55. The third kappa shape index (κ3) is 4.54. The zero-order valence-electron chi connectivity index (χ0n) is 10.4. The highest BCUT2D eigenvalue weighted by Gasteiger charge is 2.32. The Bertz CT molecular complexity index is 397. The smallest absolute Gasteiger partial charge is 0.332 e. The fraction of sp³-hybridized carbons (Fsp3) is 0.600. The first kappa shape index (κ1) is 14.9. The first-order chi connectivity index (χ1) is 8.91. The number of nitrogens with zero attached hydrogens (tertiary/aromatic N) is 2. The van der Waals surface area contributed by atoms with Gasteiger partial charge in [0.05, 0.1) is 0 Å². The van der Waals surface area contributed by atoms with Crippen LogP contribution in [-0.4, -0.2) is 65.5 Å². The van der Waals surface area contributed by atoms with E-state index in [0.29, 0.717) is 0 Å². The zero-order chi connectivity index (χ0) is 14.4. The normalized spacial score (nSPS) is 15.0. The van der Waals surface area contributed by atoms with Gasteiger partial charge < -0.3 is 10.0 Å². The van der Waals surface area contributed by atoms with Crippen molar-refractivity contribution in [3.05, 3.63) is 0 Å². The maximum atomic E-state index is 11.5. The second kappa shape index (κ2) is 6.69. The maximum Gasteiger partial charge on any atom is 0.332 e. The van der Waals surface area contributed by atoms with Gasteiger partial charge in [0.25, 0.3) is 0 Å². The fourth-order valence-electron chi connectivity index (χ4n) is 1.52. The molecule has 2 N–H and O–H groups in total. The molecular weight excluding hydrogens is 258 g/mol. The molecule has 1 aliphatic rings. The van der Waals surface area contributed by atoms with Crippen molar-refractivity contribution in [1.82, 2.24) is 15.3 Å². The van der Waals surface area contributed by atoms with Crippen LogP contribution in [0.5, 0.6) is 0 Å². The van der Waals surface area contributed by atoms with Crippen LogP contribution >= 0.6 is 0 Å². The number of carbonyl (C=O) groups is 4. The van der Waals surface area contributed by atoms with Crippen molar-refractivity contribution in [3.8, 4) is 0 Å². The summed E-state index contributed by atoms with van der Waals surface area (Å²) in [6.45, 7) is -0.430. The third-order valence-corrected chi connectivity index (χ3v) is 2.40. The molecule has 9 nitrogen and oxygen atoms in total. The van der Waals surface area contributed by atoms with Crippen LogP contribution < -0.4 is 5.48 Å². The molecule has 106 valence electrons. The molecule has 1 aliphatic heterocycles. The highest BCUT2D eigenvalue weighted by atomic mass is 16.7. The van der Waals surface area contributed by atoms with E-state index in [1.807, 2.05) is 5.48 Å². The van der Waals surface area contributed by atoms with Gasteiger partial charge in [-0.2, -0.15) is 0 Å². The minimum atomic E-state index is -1.20. The predicted octanol–water partition coefficient (Wildman–Crippen LogP) is -1.21. The Labute approximate surface area is 109 Å². The molecule has 0 unspecified atom stereocenters. The second-order valence-electron chi connectivity index (χ2n) is 4.00. The van der Waals surface area contributed by atoms with Crippen molar-refractivity contribution >= 4 is 23.8 Å². The Balaban J connectivity index is 2.20. The van der Waals surface area contributed by atoms with E-state index in [9.17, 15) is 19.2 Å². The molecule has 9 heteroatoms. The van der Waals surface area contributed by atoms with Crippen molar-refractivity contribution in [2.75, 3.05) is 26.7 Å². The molecule has 0 aliphatic carbocycles. The minimum Gasteiger partial charge on any atom is -0.479 e. The highest BCUT2D eigenvalue weighted by molar-refractivity contribution is 6.01. The second-order valence-corrected chi connectivity index (χ2v) is 4.00. The molecule has 4 amide bonds. The standard InChI is InChI=1S/C10H15N3O6/c1-12-5-8(15)13(10(12)18)4-2-3-7(14)11-19-6-9(16)17/h2-6H2,1H3,(H,11,14)(H,16,17). The average molecular weight is 273 g/mol. The van der Waals surface area contributed by atoms with Crippen LogP contribution in [0.25, 0.3) is 0 Å². The molecular formula is C10H15N3O6. The van der Waals surface area contributed by atoms with Crippen LogP contribution in [0.4, 0.5) is 4.79 Å². The van der Waals surface area contributed by atoms with E-state index in [0.717, 1.165) is 4.90 Å². The van der Waals surface area contributed by atoms with E-state index in [1.54, 1.807) is 0 Å². The number of carboxylic acids is 1. The summed E-state index contributed by atoms with van der Waals surface area (Å²) in [6.07, 6.45) is 0.313. The van der Waals surface area contributed by atoms with Gasteiger partial charge >= 0.3 is 12.0 Å². The number of amides is 4. The number of likely N-dealkylation sites (N-methyl/N-ethyl adjacent to an activating group) is 1. The Hall–Kier alpha value is -2.16.